The van der Waals surface area contributed by atoms with Gasteiger partial charge in [0.1, 0.15) is 12.2 Å². The van der Waals surface area contributed by atoms with Crippen LogP contribution in [-0.2, 0) is 13.1 Å². The van der Waals surface area contributed by atoms with Gasteiger partial charge in [-0.2, -0.15) is 5.10 Å². The number of hydrogen-bond donors (Lipinski definition) is 1. The van der Waals surface area contributed by atoms with Gasteiger partial charge in [-0.15, -0.1) is 0 Å². The van der Waals surface area contributed by atoms with Crippen LogP contribution >= 0.6 is 11.6 Å². The summed E-state index contributed by atoms with van der Waals surface area (Å²) in [5.74, 6) is 0.770. The molecule has 1 aliphatic rings. The fourth-order valence-electron chi connectivity index (χ4n) is 2.08. The smallest absolute Gasteiger partial charge is 0.275 e. The average Bonchev–Trinajstić information content (AvgIpc) is 3.18. The zero-order valence-electron chi connectivity index (χ0n) is 11.2. The summed E-state index contributed by atoms with van der Waals surface area (Å²) in [5.41, 5.74) is 0.557. The zero-order valence-corrected chi connectivity index (χ0v) is 12.0. The molecular formula is C13H14ClN5O2. The SMILES string of the molecule is O=[N+]([O-])c1cc(Cl)ccc1Cn1ncnc1CNC1CC1. The Labute approximate surface area is 126 Å². The molecule has 7 nitrogen and oxygen atoms in total. The van der Waals surface area contributed by atoms with Gasteiger partial charge in [0.25, 0.3) is 5.69 Å². The van der Waals surface area contributed by atoms with Crippen LogP contribution in [0.1, 0.15) is 24.2 Å². The molecule has 0 atom stereocenters. The van der Waals surface area contributed by atoms with Crippen molar-refractivity contribution in [3.63, 3.8) is 0 Å². The van der Waals surface area contributed by atoms with E-state index in [-0.39, 0.29) is 5.69 Å². The maximum atomic E-state index is 11.1. The second-order valence-electron chi connectivity index (χ2n) is 5.02. The van der Waals surface area contributed by atoms with Crippen LogP contribution in [0.2, 0.25) is 5.02 Å². The second-order valence-corrected chi connectivity index (χ2v) is 5.46. The Morgan fingerprint density at radius 3 is 3.00 bits per heavy atom. The van der Waals surface area contributed by atoms with Crippen LogP contribution in [0.25, 0.3) is 0 Å². The standard InChI is InChI=1S/C13H14ClN5O2/c14-10-2-1-9(12(5-10)19(20)21)7-18-13(16-8-17-18)6-15-11-3-4-11/h1-2,5,8,11,15H,3-4,6-7H2. The molecule has 0 spiro atoms. The first-order valence-corrected chi connectivity index (χ1v) is 7.04. The molecule has 1 aliphatic carbocycles. The predicted octanol–water partition coefficient (Wildman–Crippen LogP) is 2.14. The fourth-order valence-corrected chi connectivity index (χ4v) is 2.25. The molecule has 110 valence electrons. The number of aromatic nitrogens is 3. The normalized spacial score (nSPS) is 14.3. The van der Waals surface area contributed by atoms with Crippen molar-refractivity contribution in [1.29, 1.82) is 0 Å². The molecule has 0 aliphatic heterocycles. The summed E-state index contributed by atoms with van der Waals surface area (Å²) < 4.78 is 1.67. The molecule has 2 aromatic rings. The molecule has 3 rings (SSSR count). The van der Waals surface area contributed by atoms with Gasteiger partial charge in [-0.3, -0.25) is 10.1 Å². The van der Waals surface area contributed by atoms with Gasteiger partial charge in [0.2, 0.25) is 0 Å². The third-order valence-electron chi connectivity index (χ3n) is 3.39. The Hall–Kier alpha value is -1.99. The molecule has 1 aromatic carbocycles. The van der Waals surface area contributed by atoms with E-state index in [0.717, 1.165) is 5.82 Å². The van der Waals surface area contributed by atoms with E-state index in [1.807, 2.05) is 0 Å². The molecule has 0 bridgehead atoms. The molecule has 1 aromatic heterocycles. The number of benzene rings is 1. The van der Waals surface area contributed by atoms with E-state index in [1.54, 1.807) is 16.8 Å². The molecule has 21 heavy (non-hydrogen) atoms. The van der Waals surface area contributed by atoms with Gasteiger partial charge in [-0.05, 0) is 25.0 Å². The Morgan fingerprint density at radius 1 is 1.48 bits per heavy atom. The van der Waals surface area contributed by atoms with Gasteiger partial charge in [-0.25, -0.2) is 9.67 Å². The lowest BCUT2D eigenvalue weighted by molar-refractivity contribution is -0.385. The van der Waals surface area contributed by atoms with Gasteiger partial charge in [0, 0.05) is 17.1 Å². The molecule has 1 N–H and O–H groups in total. The number of rotatable bonds is 6. The highest BCUT2D eigenvalue weighted by Crippen LogP contribution is 2.24. The Morgan fingerprint density at radius 2 is 2.29 bits per heavy atom. The van der Waals surface area contributed by atoms with Crippen LogP contribution in [0.15, 0.2) is 24.5 Å². The highest BCUT2D eigenvalue weighted by molar-refractivity contribution is 6.30. The van der Waals surface area contributed by atoms with Crippen molar-refractivity contribution in [2.45, 2.75) is 32.0 Å². The second kappa shape index (κ2) is 5.79. The fraction of sp³-hybridized carbons (Fsp3) is 0.385. The lowest BCUT2D eigenvalue weighted by atomic mass is 10.2. The number of halogens is 1. The maximum absolute atomic E-state index is 11.1. The Bertz CT molecular complexity index is 668. The third-order valence-corrected chi connectivity index (χ3v) is 3.62. The van der Waals surface area contributed by atoms with Crippen LogP contribution < -0.4 is 5.32 Å². The lowest BCUT2D eigenvalue weighted by Gasteiger charge is -2.08. The highest BCUT2D eigenvalue weighted by Gasteiger charge is 2.21. The Balaban J connectivity index is 1.80. The molecule has 1 saturated carbocycles. The van der Waals surface area contributed by atoms with E-state index in [2.05, 4.69) is 15.4 Å². The molecule has 8 heteroatoms. The molecule has 1 fully saturated rings. The van der Waals surface area contributed by atoms with Crippen LogP contribution in [0, 0.1) is 10.1 Å². The first-order chi connectivity index (χ1) is 10.1. The van der Waals surface area contributed by atoms with E-state index in [9.17, 15) is 10.1 Å². The van der Waals surface area contributed by atoms with Crippen molar-refractivity contribution in [2.24, 2.45) is 0 Å². The number of hydrogen-bond acceptors (Lipinski definition) is 5. The van der Waals surface area contributed by atoms with E-state index >= 15 is 0 Å². The minimum atomic E-state index is -0.430. The van der Waals surface area contributed by atoms with Crippen molar-refractivity contribution in [1.82, 2.24) is 20.1 Å². The summed E-state index contributed by atoms with van der Waals surface area (Å²) in [6.07, 6.45) is 3.85. The molecule has 1 heterocycles. The summed E-state index contributed by atoms with van der Waals surface area (Å²) in [6, 6.07) is 5.22. The molecule has 0 saturated heterocycles. The highest BCUT2D eigenvalue weighted by atomic mass is 35.5. The minimum Gasteiger partial charge on any atom is -0.307 e. The minimum absolute atomic E-state index is 0.000831. The van der Waals surface area contributed by atoms with Crippen LogP contribution in [-0.4, -0.2) is 25.7 Å². The first-order valence-electron chi connectivity index (χ1n) is 6.66. The van der Waals surface area contributed by atoms with E-state index in [0.29, 0.717) is 29.7 Å². The number of nitrogens with zero attached hydrogens (tertiary/aromatic N) is 4. The lowest BCUT2D eigenvalue weighted by Crippen LogP contribution is -2.20. The van der Waals surface area contributed by atoms with Gasteiger partial charge >= 0.3 is 0 Å². The van der Waals surface area contributed by atoms with Gasteiger partial charge in [0.15, 0.2) is 0 Å². The molecule has 0 unspecified atom stereocenters. The van der Waals surface area contributed by atoms with Gasteiger partial charge < -0.3 is 5.32 Å². The largest absolute Gasteiger partial charge is 0.307 e. The predicted molar refractivity (Wildman–Crippen MR) is 77.1 cm³/mol. The molecular weight excluding hydrogens is 294 g/mol. The van der Waals surface area contributed by atoms with Gasteiger partial charge in [0.05, 0.1) is 23.6 Å². The first kappa shape index (κ1) is 14.0. The van der Waals surface area contributed by atoms with Crippen molar-refractivity contribution < 1.29 is 4.92 Å². The number of nitro groups is 1. The summed E-state index contributed by atoms with van der Waals surface area (Å²) in [7, 11) is 0. The summed E-state index contributed by atoms with van der Waals surface area (Å²) in [4.78, 5) is 14.9. The van der Waals surface area contributed by atoms with Crippen LogP contribution in [0.4, 0.5) is 5.69 Å². The topological polar surface area (TPSA) is 85.9 Å². The van der Waals surface area contributed by atoms with Crippen molar-refractivity contribution in [2.75, 3.05) is 0 Å². The number of nitro benzene ring substituents is 1. The summed E-state index contributed by atoms with van der Waals surface area (Å²) in [5, 5.41) is 18.9. The third kappa shape index (κ3) is 3.37. The van der Waals surface area contributed by atoms with Crippen LogP contribution in [0.3, 0.4) is 0 Å². The maximum Gasteiger partial charge on any atom is 0.275 e. The molecule has 0 amide bonds. The summed E-state index contributed by atoms with van der Waals surface area (Å²) >= 11 is 5.82. The monoisotopic (exact) mass is 307 g/mol. The molecule has 0 radical (unpaired) electrons. The quantitative estimate of drug-likeness (QED) is 0.652. The van der Waals surface area contributed by atoms with E-state index < -0.39 is 4.92 Å². The zero-order chi connectivity index (χ0) is 14.8. The van der Waals surface area contributed by atoms with Crippen molar-refractivity contribution in [3.8, 4) is 0 Å². The number of nitrogens with one attached hydrogen (secondary N) is 1. The van der Waals surface area contributed by atoms with Crippen molar-refractivity contribution in [3.05, 3.63) is 51.1 Å². The van der Waals surface area contributed by atoms with E-state index in [4.69, 9.17) is 11.6 Å². The van der Waals surface area contributed by atoms with E-state index in [1.165, 1.54) is 25.2 Å². The Kier molecular flexibility index (Phi) is 3.85. The average molecular weight is 308 g/mol. The van der Waals surface area contributed by atoms with Gasteiger partial charge in [-0.1, -0.05) is 11.6 Å². The summed E-state index contributed by atoms with van der Waals surface area (Å²) in [6.45, 7) is 0.918. The van der Waals surface area contributed by atoms with Crippen LogP contribution in [0.5, 0.6) is 0 Å². The van der Waals surface area contributed by atoms with Crippen molar-refractivity contribution >= 4 is 17.3 Å².